The van der Waals surface area contributed by atoms with Crippen LogP contribution in [-0.4, -0.2) is 40.4 Å². The lowest BCUT2D eigenvalue weighted by molar-refractivity contribution is 0.0519. The minimum absolute atomic E-state index is 0.171. The van der Waals surface area contributed by atoms with Crippen LogP contribution in [0.15, 0.2) is 79.0 Å². The van der Waals surface area contributed by atoms with E-state index in [9.17, 15) is 9.59 Å². The van der Waals surface area contributed by atoms with Gasteiger partial charge in [0.05, 0.1) is 19.4 Å². The average Bonchev–Trinajstić information content (AvgIpc) is 3.31. The van der Waals surface area contributed by atoms with E-state index in [0.29, 0.717) is 28.5 Å². The van der Waals surface area contributed by atoms with Gasteiger partial charge in [0.1, 0.15) is 5.75 Å². The van der Waals surface area contributed by atoms with E-state index in [1.54, 1.807) is 73.4 Å². The molecule has 4 aromatic rings. The maximum absolute atomic E-state index is 12.7. The number of methoxy groups -OCH3 is 1. The third-order valence-corrected chi connectivity index (χ3v) is 4.83. The number of esters is 1. The van der Waals surface area contributed by atoms with Crippen LogP contribution in [-0.2, 0) is 4.74 Å². The smallest absolute Gasteiger partial charge is 0.358 e. The number of carbonyl (C=O) groups is 2. The van der Waals surface area contributed by atoms with Gasteiger partial charge < -0.3 is 14.8 Å². The van der Waals surface area contributed by atoms with Gasteiger partial charge >= 0.3 is 5.97 Å². The van der Waals surface area contributed by atoms with E-state index in [1.165, 1.54) is 0 Å². The predicted molar refractivity (Wildman–Crippen MR) is 124 cm³/mol. The van der Waals surface area contributed by atoms with Crippen molar-refractivity contribution in [3.05, 3.63) is 90.3 Å². The standard InChI is InChI=1S/C25H22N4O4/c1-3-33-25(31)21-16-22(29(28-21)23-9-4-5-14-26-23)18-7-6-8-19(15-18)27-24(30)17-10-12-20(32-2)13-11-17/h4-16H,3H2,1-2H3,(H,27,30). The van der Waals surface area contributed by atoms with Crippen LogP contribution in [0.4, 0.5) is 5.69 Å². The van der Waals surface area contributed by atoms with Crippen LogP contribution in [0.25, 0.3) is 17.1 Å². The van der Waals surface area contributed by atoms with E-state index < -0.39 is 5.97 Å². The minimum Gasteiger partial charge on any atom is -0.497 e. The maximum atomic E-state index is 12.7. The molecule has 4 rings (SSSR count). The number of anilines is 1. The van der Waals surface area contributed by atoms with Gasteiger partial charge in [-0.25, -0.2) is 14.5 Å². The highest BCUT2D eigenvalue weighted by molar-refractivity contribution is 6.04. The van der Waals surface area contributed by atoms with Crippen molar-refractivity contribution in [2.24, 2.45) is 0 Å². The summed E-state index contributed by atoms with van der Waals surface area (Å²) in [6.45, 7) is 1.99. The lowest BCUT2D eigenvalue weighted by Gasteiger charge is -2.10. The Morgan fingerprint density at radius 3 is 2.52 bits per heavy atom. The molecule has 0 radical (unpaired) electrons. The van der Waals surface area contributed by atoms with Crippen LogP contribution in [0.2, 0.25) is 0 Å². The fourth-order valence-electron chi connectivity index (χ4n) is 3.25. The fourth-order valence-corrected chi connectivity index (χ4v) is 3.25. The number of hydrogen-bond acceptors (Lipinski definition) is 6. The van der Waals surface area contributed by atoms with E-state index in [-0.39, 0.29) is 18.2 Å². The van der Waals surface area contributed by atoms with Crippen molar-refractivity contribution < 1.29 is 19.1 Å². The second kappa shape index (κ2) is 9.78. The highest BCUT2D eigenvalue weighted by Crippen LogP contribution is 2.26. The number of pyridine rings is 1. The highest BCUT2D eigenvalue weighted by atomic mass is 16.5. The van der Waals surface area contributed by atoms with E-state index in [2.05, 4.69) is 15.4 Å². The Kier molecular flexibility index (Phi) is 6.45. The lowest BCUT2D eigenvalue weighted by atomic mass is 10.1. The summed E-state index contributed by atoms with van der Waals surface area (Å²) in [7, 11) is 1.57. The zero-order chi connectivity index (χ0) is 23.2. The first-order valence-corrected chi connectivity index (χ1v) is 10.3. The number of nitrogens with one attached hydrogen (secondary N) is 1. The molecule has 8 nitrogen and oxygen atoms in total. The van der Waals surface area contributed by atoms with Crippen molar-refractivity contribution in [3.63, 3.8) is 0 Å². The van der Waals surface area contributed by atoms with Gasteiger partial charge in [0.25, 0.3) is 5.91 Å². The Labute approximate surface area is 190 Å². The van der Waals surface area contributed by atoms with Crippen molar-refractivity contribution >= 4 is 17.6 Å². The monoisotopic (exact) mass is 442 g/mol. The molecule has 8 heteroatoms. The minimum atomic E-state index is -0.516. The molecule has 0 aliphatic rings. The Hall–Kier alpha value is -4.46. The summed E-state index contributed by atoms with van der Waals surface area (Å²) in [4.78, 5) is 29.3. The lowest BCUT2D eigenvalue weighted by Crippen LogP contribution is -2.11. The normalized spacial score (nSPS) is 10.5. The molecule has 2 aromatic carbocycles. The van der Waals surface area contributed by atoms with Gasteiger partial charge in [-0.05, 0) is 61.5 Å². The molecule has 33 heavy (non-hydrogen) atoms. The molecule has 0 unspecified atom stereocenters. The van der Waals surface area contributed by atoms with Crippen LogP contribution < -0.4 is 10.1 Å². The molecule has 0 atom stereocenters. The molecule has 0 spiro atoms. The predicted octanol–water partition coefficient (Wildman–Crippen LogP) is 4.37. The average molecular weight is 442 g/mol. The highest BCUT2D eigenvalue weighted by Gasteiger charge is 2.18. The second-order valence-electron chi connectivity index (χ2n) is 7.00. The van der Waals surface area contributed by atoms with Crippen molar-refractivity contribution in [2.75, 3.05) is 19.0 Å². The van der Waals surface area contributed by atoms with Gasteiger partial charge in [0.15, 0.2) is 11.5 Å². The fraction of sp³-hybridized carbons (Fsp3) is 0.120. The first-order valence-electron chi connectivity index (χ1n) is 10.3. The molecule has 0 saturated carbocycles. The summed E-state index contributed by atoms with van der Waals surface area (Å²) < 4.78 is 11.8. The number of benzene rings is 2. The molecule has 1 N–H and O–H groups in total. The van der Waals surface area contributed by atoms with Gasteiger partial charge in [0, 0.05) is 23.0 Å². The largest absolute Gasteiger partial charge is 0.497 e. The molecule has 0 aliphatic heterocycles. The van der Waals surface area contributed by atoms with Crippen LogP contribution in [0.5, 0.6) is 5.75 Å². The zero-order valence-corrected chi connectivity index (χ0v) is 18.2. The van der Waals surface area contributed by atoms with Crippen LogP contribution >= 0.6 is 0 Å². The van der Waals surface area contributed by atoms with Gasteiger partial charge in [-0.3, -0.25) is 4.79 Å². The van der Waals surface area contributed by atoms with E-state index in [1.807, 2.05) is 24.3 Å². The molecule has 0 saturated heterocycles. The number of aromatic nitrogens is 3. The second-order valence-corrected chi connectivity index (χ2v) is 7.00. The summed E-state index contributed by atoms with van der Waals surface area (Å²) in [5, 5.41) is 7.31. The first kappa shape index (κ1) is 21.8. The Morgan fingerprint density at radius 1 is 1.00 bits per heavy atom. The maximum Gasteiger partial charge on any atom is 0.358 e. The first-order chi connectivity index (χ1) is 16.1. The van der Waals surface area contributed by atoms with Crippen molar-refractivity contribution in [1.82, 2.24) is 14.8 Å². The molecule has 1 amide bonds. The Balaban J connectivity index is 1.67. The summed E-state index contributed by atoms with van der Waals surface area (Å²) in [5.74, 6) is 0.460. The Morgan fingerprint density at radius 2 is 1.82 bits per heavy atom. The van der Waals surface area contributed by atoms with Crippen LogP contribution in [0.3, 0.4) is 0 Å². The Bertz CT molecular complexity index is 1270. The number of amides is 1. The van der Waals surface area contributed by atoms with Gasteiger partial charge in [-0.1, -0.05) is 18.2 Å². The number of hydrogen-bond donors (Lipinski definition) is 1. The van der Waals surface area contributed by atoms with Crippen molar-refractivity contribution in [2.45, 2.75) is 6.92 Å². The van der Waals surface area contributed by atoms with Crippen molar-refractivity contribution in [3.8, 4) is 22.8 Å². The third-order valence-electron chi connectivity index (χ3n) is 4.83. The van der Waals surface area contributed by atoms with E-state index in [0.717, 1.165) is 5.56 Å². The number of carbonyl (C=O) groups excluding carboxylic acids is 2. The van der Waals surface area contributed by atoms with E-state index in [4.69, 9.17) is 9.47 Å². The summed E-state index contributed by atoms with van der Waals surface area (Å²) in [5.41, 5.74) is 2.66. The van der Waals surface area contributed by atoms with Gasteiger partial charge in [0.2, 0.25) is 0 Å². The van der Waals surface area contributed by atoms with Crippen LogP contribution in [0.1, 0.15) is 27.8 Å². The van der Waals surface area contributed by atoms with Crippen LogP contribution in [0, 0.1) is 0 Å². The molecule has 166 valence electrons. The summed E-state index contributed by atoms with van der Waals surface area (Å²) in [6, 6.07) is 21.2. The molecule has 0 fully saturated rings. The SMILES string of the molecule is CCOC(=O)c1cc(-c2cccc(NC(=O)c3ccc(OC)cc3)c2)n(-c2ccccn2)n1. The molecule has 2 heterocycles. The molecular formula is C25H22N4O4. The molecule has 0 aliphatic carbocycles. The third kappa shape index (κ3) is 4.90. The quantitative estimate of drug-likeness (QED) is 0.427. The summed E-state index contributed by atoms with van der Waals surface area (Å²) >= 11 is 0. The number of ether oxygens (including phenoxy) is 2. The van der Waals surface area contributed by atoms with Gasteiger partial charge in [-0.15, -0.1) is 0 Å². The van der Waals surface area contributed by atoms with E-state index >= 15 is 0 Å². The number of rotatable bonds is 7. The van der Waals surface area contributed by atoms with Gasteiger partial charge in [-0.2, -0.15) is 5.10 Å². The van der Waals surface area contributed by atoms with Crippen molar-refractivity contribution in [1.29, 1.82) is 0 Å². The topological polar surface area (TPSA) is 95.3 Å². The molecular weight excluding hydrogens is 420 g/mol. The molecule has 0 bridgehead atoms. The molecule has 2 aromatic heterocycles. The summed E-state index contributed by atoms with van der Waals surface area (Å²) in [6.07, 6.45) is 1.65. The zero-order valence-electron chi connectivity index (χ0n) is 18.2. The number of nitrogens with zero attached hydrogens (tertiary/aromatic N) is 3.